The molecule has 1 N–H and O–H groups in total. The lowest BCUT2D eigenvalue weighted by molar-refractivity contribution is -0.384. The summed E-state index contributed by atoms with van der Waals surface area (Å²) in [5.74, 6) is 0.467. The number of nitrogens with zero attached hydrogens (tertiary/aromatic N) is 3. The Bertz CT molecular complexity index is 934. The first-order valence-electron chi connectivity index (χ1n) is 7.95. The molecule has 2 aromatic carbocycles. The van der Waals surface area contributed by atoms with E-state index in [1.54, 1.807) is 6.07 Å². The van der Waals surface area contributed by atoms with Gasteiger partial charge in [-0.05, 0) is 25.1 Å². The third-order valence-electron chi connectivity index (χ3n) is 3.67. The van der Waals surface area contributed by atoms with Crippen LogP contribution in [0.4, 0.5) is 11.4 Å². The maximum Gasteiger partial charge on any atom is 0.271 e. The number of aromatic nitrogens is 2. The Hall–Kier alpha value is -3.55. The summed E-state index contributed by atoms with van der Waals surface area (Å²) in [6.45, 7) is 1.99. The van der Waals surface area contributed by atoms with Crippen molar-refractivity contribution < 1.29 is 14.1 Å². The zero-order chi connectivity index (χ0) is 18.5. The molecule has 0 aliphatic carbocycles. The first-order chi connectivity index (χ1) is 12.5. The molecule has 0 saturated heterocycles. The number of nitro benzene ring substituents is 1. The summed E-state index contributed by atoms with van der Waals surface area (Å²) in [6, 6.07) is 13.5. The maximum absolute atomic E-state index is 12.0. The van der Waals surface area contributed by atoms with Gasteiger partial charge in [0.25, 0.3) is 5.69 Å². The largest absolute Gasteiger partial charge is 0.421 e. The molecule has 1 heterocycles. The van der Waals surface area contributed by atoms with Gasteiger partial charge in [-0.1, -0.05) is 23.8 Å². The van der Waals surface area contributed by atoms with Crippen molar-refractivity contribution in [1.29, 1.82) is 0 Å². The summed E-state index contributed by atoms with van der Waals surface area (Å²) in [7, 11) is 0. The summed E-state index contributed by atoms with van der Waals surface area (Å²) in [6.07, 6.45) is 0.401. The van der Waals surface area contributed by atoms with Crippen LogP contribution < -0.4 is 5.32 Å². The van der Waals surface area contributed by atoms with Crippen LogP contribution in [0.2, 0.25) is 0 Å². The molecule has 0 radical (unpaired) electrons. The Morgan fingerprint density at radius 2 is 1.96 bits per heavy atom. The third kappa shape index (κ3) is 4.29. The van der Waals surface area contributed by atoms with Gasteiger partial charge in [0, 0.05) is 36.2 Å². The monoisotopic (exact) mass is 352 g/mol. The van der Waals surface area contributed by atoms with Gasteiger partial charge in [0.05, 0.1) is 4.92 Å². The number of nitrogens with one attached hydrogen (secondary N) is 1. The minimum absolute atomic E-state index is 0.0811. The molecule has 0 aliphatic heterocycles. The van der Waals surface area contributed by atoms with Crippen molar-refractivity contribution in [3.8, 4) is 11.5 Å². The lowest BCUT2D eigenvalue weighted by atomic mass is 10.1. The molecule has 26 heavy (non-hydrogen) atoms. The summed E-state index contributed by atoms with van der Waals surface area (Å²) >= 11 is 0. The summed E-state index contributed by atoms with van der Waals surface area (Å²) in [5, 5.41) is 21.3. The fourth-order valence-electron chi connectivity index (χ4n) is 2.31. The van der Waals surface area contributed by atoms with Crippen LogP contribution in [-0.4, -0.2) is 21.0 Å². The highest BCUT2D eigenvalue weighted by Gasteiger charge is 2.12. The van der Waals surface area contributed by atoms with E-state index in [0.717, 1.165) is 11.1 Å². The summed E-state index contributed by atoms with van der Waals surface area (Å²) in [4.78, 5) is 22.2. The number of carbonyl (C=O) groups is 1. The first-order valence-corrected chi connectivity index (χ1v) is 7.95. The molecule has 0 atom stereocenters. The molecule has 3 rings (SSSR count). The van der Waals surface area contributed by atoms with Crippen LogP contribution in [0.5, 0.6) is 0 Å². The second kappa shape index (κ2) is 7.56. The summed E-state index contributed by atoms with van der Waals surface area (Å²) < 4.78 is 5.57. The van der Waals surface area contributed by atoms with Gasteiger partial charge in [0.1, 0.15) is 0 Å². The van der Waals surface area contributed by atoms with Gasteiger partial charge in [-0.25, -0.2) is 0 Å². The Morgan fingerprint density at radius 3 is 2.69 bits per heavy atom. The van der Waals surface area contributed by atoms with E-state index in [0.29, 0.717) is 17.5 Å². The van der Waals surface area contributed by atoms with E-state index in [9.17, 15) is 14.9 Å². The quantitative estimate of drug-likeness (QED) is 0.536. The zero-order valence-corrected chi connectivity index (χ0v) is 14.0. The van der Waals surface area contributed by atoms with Gasteiger partial charge in [0.15, 0.2) is 0 Å². The number of hydrogen-bond acceptors (Lipinski definition) is 6. The smallest absolute Gasteiger partial charge is 0.271 e. The number of non-ortho nitro benzene ring substituents is 1. The molecule has 0 aliphatic rings. The minimum Gasteiger partial charge on any atom is -0.421 e. The van der Waals surface area contributed by atoms with Crippen molar-refractivity contribution in [2.75, 3.05) is 5.32 Å². The molecule has 0 saturated carbocycles. The van der Waals surface area contributed by atoms with Crippen LogP contribution in [0.1, 0.15) is 17.9 Å². The number of benzene rings is 2. The molecular formula is C18H16N4O4. The molecule has 8 nitrogen and oxygen atoms in total. The molecule has 0 bridgehead atoms. The number of aryl methyl sites for hydroxylation is 2. The van der Waals surface area contributed by atoms with E-state index in [2.05, 4.69) is 15.5 Å². The van der Waals surface area contributed by atoms with Gasteiger partial charge >= 0.3 is 0 Å². The molecule has 132 valence electrons. The van der Waals surface area contributed by atoms with Gasteiger partial charge < -0.3 is 9.73 Å². The summed E-state index contributed by atoms with van der Waals surface area (Å²) in [5.41, 5.74) is 2.24. The highest BCUT2D eigenvalue weighted by molar-refractivity contribution is 5.91. The molecule has 3 aromatic rings. The third-order valence-corrected chi connectivity index (χ3v) is 3.67. The zero-order valence-electron chi connectivity index (χ0n) is 14.0. The SMILES string of the molecule is Cc1ccc(-c2nnc(CCC(=O)Nc3cccc([N+](=O)[O-])c3)o2)cc1. The number of anilines is 1. The normalized spacial score (nSPS) is 10.5. The number of amides is 1. The molecule has 8 heteroatoms. The molecule has 0 fully saturated rings. The Kier molecular flexibility index (Phi) is 5.02. The minimum atomic E-state index is -0.513. The Labute approximate surface area is 149 Å². The van der Waals surface area contributed by atoms with Crippen LogP contribution in [0, 0.1) is 17.0 Å². The van der Waals surface area contributed by atoms with E-state index in [1.807, 2.05) is 31.2 Å². The van der Waals surface area contributed by atoms with Crippen LogP contribution in [-0.2, 0) is 11.2 Å². The standard InChI is InChI=1S/C18H16N4O4/c1-12-5-7-13(8-6-12)18-21-20-17(26-18)10-9-16(23)19-14-3-2-4-15(11-14)22(24)25/h2-8,11H,9-10H2,1H3,(H,19,23). The first kappa shape index (κ1) is 17.3. The van der Waals surface area contributed by atoms with Gasteiger partial charge in [0.2, 0.25) is 17.7 Å². The predicted octanol–water partition coefficient (Wildman–Crippen LogP) is 3.52. The molecule has 1 aromatic heterocycles. The van der Waals surface area contributed by atoms with E-state index >= 15 is 0 Å². The van der Waals surface area contributed by atoms with Crippen molar-refractivity contribution in [1.82, 2.24) is 10.2 Å². The Morgan fingerprint density at radius 1 is 1.19 bits per heavy atom. The second-order valence-corrected chi connectivity index (χ2v) is 5.72. The van der Waals surface area contributed by atoms with Crippen LogP contribution in [0.3, 0.4) is 0 Å². The average molecular weight is 352 g/mol. The number of hydrogen-bond donors (Lipinski definition) is 1. The maximum atomic E-state index is 12.0. The Balaban J connectivity index is 1.57. The fraction of sp³-hybridized carbons (Fsp3) is 0.167. The van der Waals surface area contributed by atoms with Gasteiger partial charge in [-0.3, -0.25) is 14.9 Å². The van der Waals surface area contributed by atoms with E-state index in [4.69, 9.17) is 4.42 Å². The van der Waals surface area contributed by atoms with Crippen molar-refractivity contribution in [3.63, 3.8) is 0 Å². The molecule has 1 amide bonds. The topological polar surface area (TPSA) is 111 Å². The molecule has 0 spiro atoms. The second-order valence-electron chi connectivity index (χ2n) is 5.72. The lowest BCUT2D eigenvalue weighted by Gasteiger charge is -2.03. The van der Waals surface area contributed by atoms with Crippen molar-refractivity contribution in [2.24, 2.45) is 0 Å². The van der Waals surface area contributed by atoms with Crippen LogP contribution in [0.15, 0.2) is 52.9 Å². The van der Waals surface area contributed by atoms with Crippen molar-refractivity contribution in [2.45, 2.75) is 19.8 Å². The van der Waals surface area contributed by atoms with Crippen LogP contribution >= 0.6 is 0 Å². The van der Waals surface area contributed by atoms with Gasteiger partial charge in [-0.2, -0.15) is 0 Å². The lowest BCUT2D eigenvalue weighted by Crippen LogP contribution is -2.12. The van der Waals surface area contributed by atoms with Crippen molar-refractivity contribution >= 4 is 17.3 Å². The highest BCUT2D eigenvalue weighted by Crippen LogP contribution is 2.19. The number of rotatable bonds is 6. The highest BCUT2D eigenvalue weighted by atomic mass is 16.6. The molecule has 0 unspecified atom stereocenters. The van der Waals surface area contributed by atoms with Crippen LogP contribution in [0.25, 0.3) is 11.5 Å². The van der Waals surface area contributed by atoms with E-state index < -0.39 is 4.92 Å². The number of carbonyl (C=O) groups excluding carboxylic acids is 1. The average Bonchev–Trinajstić information content (AvgIpc) is 3.10. The van der Waals surface area contributed by atoms with Crippen molar-refractivity contribution in [3.05, 3.63) is 70.1 Å². The number of nitro groups is 1. The van der Waals surface area contributed by atoms with E-state index in [-0.39, 0.29) is 24.4 Å². The van der Waals surface area contributed by atoms with E-state index in [1.165, 1.54) is 18.2 Å². The fourth-order valence-corrected chi connectivity index (χ4v) is 2.31. The van der Waals surface area contributed by atoms with Gasteiger partial charge in [-0.15, -0.1) is 10.2 Å². The molecular weight excluding hydrogens is 336 g/mol. The predicted molar refractivity (Wildman–Crippen MR) is 94.5 cm³/mol.